The van der Waals surface area contributed by atoms with Crippen molar-refractivity contribution in [3.05, 3.63) is 83.4 Å². The van der Waals surface area contributed by atoms with Crippen molar-refractivity contribution in [3.8, 4) is 17.2 Å². The molecule has 2 aromatic carbocycles. The number of ether oxygens (including phenoxy) is 3. The van der Waals surface area contributed by atoms with Gasteiger partial charge in [-0.1, -0.05) is 12.1 Å². The van der Waals surface area contributed by atoms with Gasteiger partial charge in [-0.05, 0) is 73.2 Å². The number of piperidine rings is 1. The maximum atomic E-state index is 14.6. The number of ketones is 1. The number of fused-ring (bicyclic) bond motifs is 1. The highest BCUT2D eigenvalue weighted by Crippen LogP contribution is 2.36. The van der Waals surface area contributed by atoms with Crippen molar-refractivity contribution in [2.75, 3.05) is 26.5 Å². The molecule has 5 rings (SSSR count). The summed E-state index contributed by atoms with van der Waals surface area (Å²) in [6.45, 7) is 2.39. The highest BCUT2D eigenvalue weighted by Gasteiger charge is 2.28. The average molecular weight is 477 g/mol. The number of carbonyl (C=O) groups is 1. The van der Waals surface area contributed by atoms with Crippen LogP contribution in [0.2, 0.25) is 0 Å². The van der Waals surface area contributed by atoms with Crippen molar-refractivity contribution >= 4 is 5.78 Å². The number of nitrogens with one attached hydrogen (secondary N) is 1. The van der Waals surface area contributed by atoms with E-state index in [9.17, 15) is 9.18 Å². The number of aryl methyl sites for hydroxylation is 1. The third-order valence-corrected chi connectivity index (χ3v) is 6.73. The molecule has 0 spiro atoms. The molecular formula is C28H29FN2O4. The summed E-state index contributed by atoms with van der Waals surface area (Å²) in [5.41, 5.74) is 2.25. The lowest BCUT2D eigenvalue weighted by atomic mass is 9.80. The molecule has 0 radical (unpaired) electrons. The minimum absolute atomic E-state index is 0.157. The van der Waals surface area contributed by atoms with Gasteiger partial charge in [0.25, 0.3) is 0 Å². The Bertz CT molecular complexity index is 1170. The first-order valence-corrected chi connectivity index (χ1v) is 12.1. The monoisotopic (exact) mass is 476 g/mol. The van der Waals surface area contributed by atoms with Gasteiger partial charge in [0.2, 0.25) is 6.79 Å². The van der Waals surface area contributed by atoms with Crippen LogP contribution in [0.1, 0.15) is 46.7 Å². The van der Waals surface area contributed by atoms with Gasteiger partial charge in [-0.15, -0.1) is 0 Å². The van der Waals surface area contributed by atoms with Crippen LogP contribution in [0.5, 0.6) is 17.2 Å². The van der Waals surface area contributed by atoms with Gasteiger partial charge in [-0.25, -0.2) is 4.39 Å². The fourth-order valence-electron chi connectivity index (χ4n) is 4.83. The second-order valence-electron chi connectivity index (χ2n) is 9.06. The quantitative estimate of drug-likeness (QED) is 0.442. The zero-order chi connectivity index (χ0) is 24.0. The van der Waals surface area contributed by atoms with E-state index in [1.807, 2.05) is 36.4 Å². The Morgan fingerprint density at radius 3 is 2.94 bits per heavy atom. The number of hydrogen-bond donors (Lipinski definition) is 1. The predicted molar refractivity (Wildman–Crippen MR) is 130 cm³/mol. The van der Waals surface area contributed by atoms with Crippen LogP contribution in [0.25, 0.3) is 0 Å². The molecule has 1 saturated heterocycles. The van der Waals surface area contributed by atoms with Gasteiger partial charge in [-0.3, -0.25) is 9.78 Å². The zero-order valence-corrected chi connectivity index (χ0v) is 19.5. The molecule has 0 saturated carbocycles. The zero-order valence-electron chi connectivity index (χ0n) is 19.5. The number of hydrogen-bond acceptors (Lipinski definition) is 6. The Kier molecular flexibility index (Phi) is 7.23. The fraction of sp³-hybridized carbons (Fsp3) is 0.357. The summed E-state index contributed by atoms with van der Waals surface area (Å²) in [4.78, 5) is 17.0. The Hall–Kier alpha value is -3.45. The highest BCUT2D eigenvalue weighted by molar-refractivity contribution is 5.96. The first-order valence-electron chi connectivity index (χ1n) is 12.1. The van der Waals surface area contributed by atoms with E-state index in [1.165, 1.54) is 6.07 Å². The van der Waals surface area contributed by atoms with Crippen molar-refractivity contribution < 1.29 is 23.4 Å². The van der Waals surface area contributed by atoms with Crippen molar-refractivity contribution in [1.82, 2.24) is 10.3 Å². The van der Waals surface area contributed by atoms with Crippen LogP contribution >= 0.6 is 0 Å². The molecule has 1 fully saturated rings. The number of aromatic nitrogens is 1. The topological polar surface area (TPSA) is 69.7 Å². The fourth-order valence-corrected chi connectivity index (χ4v) is 4.83. The molecule has 1 aromatic heterocycles. The third-order valence-electron chi connectivity index (χ3n) is 6.73. The highest BCUT2D eigenvalue weighted by atomic mass is 19.1. The van der Waals surface area contributed by atoms with Crippen molar-refractivity contribution in [2.45, 2.75) is 31.6 Å². The Labute approximate surface area is 204 Å². The van der Waals surface area contributed by atoms with E-state index in [0.717, 1.165) is 48.6 Å². The van der Waals surface area contributed by atoms with E-state index >= 15 is 0 Å². The maximum absolute atomic E-state index is 14.6. The van der Waals surface area contributed by atoms with Crippen molar-refractivity contribution in [2.24, 2.45) is 5.92 Å². The Balaban J connectivity index is 1.24. The largest absolute Gasteiger partial charge is 0.493 e. The summed E-state index contributed by atoms with van der Waals surface area (Å²) in [7, 11) is 0. The van der Waals surface area contributed by atoms with E-state index in [2.05, 4.69) is 10.3 Å². The second-order valence-corrected chi connectivity index (χ2v) is 9.06. The minimum Gasteiger partial charge on any atom is -0.493 e. The van der Waals surface area contributed by atoms with Crippen LogP contribution < -0.4 is 19.5 Å². The molecule has 0 amide bonds. The molecule has 2 aliphatic heterocycles. The number of pyridine rings is 1. The molecule has 2 atom stereocenters. The SMILES string of the molecule is O=C(CCCc1cccnc1)c1cc([C@@H]2CCNC[C@H]2COc2ccc3c(c2)OCO3)ccc1F. The van der Waals surface area contributed by atoms with E-state index in [1.54, 1.807) is 18.5 Å². The lowest BCUT2D eigenvalue weighted by Crippen LogP contribution is -2.38. The summed E-state index contributed by atoms with van der Waals surface area (Å²) in [5, 5.41) is 3.43. The van der Waals surface area contributed by atoms with Crippen LogP contribution in [0.3, 0.4) is 0 Å². The molecule has 6 nitrogen and oxygen atoms in total. The number of benzene rings is 2. The molecule has 35 heavy (non-hydrogen) atoms. The Morgan fingerprint density at radius 1 is 1.14 bits per heavy atom. The number of carbonyl (C=O) groups excluding carboxylic acids is 1. The van der Waals surface area contributed by atoms with E-state index in [0.29, 0.717) is 25.2 Å². The van der Waals surface area contributed by atoms with Gasteiger partial charge in [0.05, 0.1) is 12.2 Å². The first kappa shape index (κ1) is 23.3. The van der Waals surface area contributed by atoms with Gasteiger partial charge >= 0.3 is 0 Å². The number of rotatable bonds is 9. The normalized spacial score (nSPS) is 18.9. The van der Waals surface area contributed by atoms with E-state index in [-0.39, 0.29) is 30.0 Å². The summed E-state index contributed by atoms with van der Waals surface area (Å²) in [6, 6.07) is 14.4. The smallest absolute Gasteiger partial charge is 0.231 e. The van der Waals surface area contributed by atoms with Gasteiger partial charge in [0.1, 0.15) is 11.6 Å². The van der Waals surface area contributed by atoms with E-state index in [4.69, 9.17) is 14.2 Å². The van der Waals surface area contributed by atoms with Crippen LogP contribution in [0.4, 0.5) is 4.39 Å². The van der Waals surface area contributed by atoms with Crippen LogP contribution in [0.15, 0.2) is 60.9 Å². The molecule has 2 aliphatic rings. The lowest BCUT2D eigenvalue weighted by Gasteiger charge is -2.32. The van der Waals surface area contributed by atoms with Gasteiger partial charge in [-0.2, -0.15) is 0 Å². The summed E-state index contributed by atoms with van der Waals surface area (Å²) in [5.74, 6) is 1.88. The lowest BCUT2D eigenvalue weighted by molar-refractivity contribution is 0.0976. The molecule has 3 aromatic rings. The molecule has 182 valence electrons. The molecule has 0 bridgehead atoms. The summed E-state index contributed by atoms with van der Waals surface area (Å²) >= 11 is 0. The Morgan fingerprint density at radius 2 is 2.06 bits per heavy atom. The molecule has 0 unspecified atom stereocenters. The second kappa shape index (κ2) is 10.9. The van der Waals surface area contributed by atoms with Gasteiger partial charge < -0.3 is 19.5 Å². The number of halogens is 1. The molecule has 7 heteroatoms. The van der Waals surface area contributed by atoms with E-state index < -0.39 is 5.82 Å². The van der Waals surface area contributed by atoms with Gasteiger partial charge in [0, 0.05) is 37.3 Å². The predicted octanol–water partition coefficient (Wildman–Crippen LogP) is 4.93. The van der Waals surface area contributed by atoms with Crippen LogP contribution in [-0.4, -0.2) is 37.3 Å². The molecule has 1 N–H and O–H groups in total. The summed E-state index contributed by atoms with van der Waals surface area (Å²) in [6.07, 6.45) is 6.13. The van der Waals surface area contributed by atoms with Gasteiger partial charge in [0.15, 0.2) is 17.3 Å². The minimum atomic E-state index is -0.456. The average Bonchev–Trinajstić information content (AvgIpc) is 3.37. The molecule has 3 heterocycles. The van der Waals surface area contributed by atoms with Crippen LogP contribution in [0, 0.1) is 11.7 Å². The van der Waals surface area contributed by atoms with Crippen LogP contribution in [-0.2, 0) is 6.42 Å². The molecular weight excluding hydrogens is 447 g/mol. The number of nitrogens with zero attached hydrogens (tertiary/aromatic N) is 1. The first-order chi connectivity index (χ1) is 17.2. The third kappa shape index (κ3) is 5.62. The van der Waals surface area contributed by atoms with Crippen molar-refractivity contribution in [1.29, 1.82) is 0 Å². The van der Waals surface area contributed by atoms with Crippen molar-refractivity contribution in [3.63, 3.8) is 0 Å². The maximum Gasteiger partial charge on any atom is 0.231 e. The number of Topliss-reactive ketones (excluding diaryl/α,β-unsaturated/α-hetero) is 1. The summed E-state index contributed by atoms with van der Waals surface area (Å²) < 4.78 is 31.5. The standard InChI is InChI=1S/C28H29FN2O4/c29-25-8-6-20(13-24(25)26(32)5-1-3-19-4-2-11-30-15-19)23-10-12-31-16-21(23)17-33-22-7-9-27-28(14-22)35-18-34-27/h2,4,6-9,11,13-15,21,23,31H,1,3,5,10,12,16-18H2/t21-,23-/m0/s1. The molecule has 0 aliphatic carbocycles.